The van der Waals surface area contributed by atoms with E-state index in [0.717, 1.165) is 49.4 Å². The number of nitrogens with zero attached hydrogens (tertiary/aromatic N) is 1. The summed E-state index contributed by atoms with van der Waals surface area (Å²) in [5, 5.41) is 2.28. The summed E-state index contributed by atoms with van der Waals surface area (Å²) in [6.07, 6.45) is -3.33. The minimum Gasteiger partial charge on any atom is -0.308 e. The molecular formula is C12H12F3N2O4P. The maximum absolute atomic E-state index is 12.5. The van der Waals surface area contributed by atoms with Gasteiger partial charge in [0.2, 0.25) is 0 Å². The summed E-state index contributed by atoms with van der Waals surface area (Å²) in [4.78, 5) is 12.2. The Morgan fingerprint density at radius 3 is 2.14 bits per heavy atom. The van der Waals surface area contributed by atoms with Crippen LogP contribution in [0.15, 0.2) is 35.3 Å². The molecule has 0 amide bonds. The first kappa shape index (κ1) is 16.5. The average molecular weight is 336 g/mol. The molecule has 0 aliphatic rings. The molecule has 0 radical (unpaired) electrons. The van der Waals surface area contributed by atoms with E-state index in [1.54, 1.807) is 0 Å². The minimum absolute atomic E-state index is 0.156. The molecule has 1 heterocycles. The van der Waals surface area contributed by atoms with Gasteiger partial charge in [0.1, 0.15) is 5.30 Å². The lowest BCUT2D eigenvalue weighted by molar-refractivity contribution is -0.137. The van der Waals surface area contributed by atoms with Crippen LogP contribution >= 0.6 is 7.60 Å². The summed E-state index contributed by atoms with van der Waals surface area (Å²) in [6, 6.07) is 3.92. The van der Waals surface area contributed by atoms with Crippen molar-refractivity contribution < 1.29 is 26.8 Å². The molecule has 10 heteroatoms. The number of nitrogens with one attached hydrogen (secondary N) is 1. The monoisotopic (exact) mass is 336 g/mol. The zero-order valence-electron chi connectivity index (χ0n) is 11.5. The van der Waals surface area contributed by atoms with E-state index in [1.165, 1.54) is 0 Å². The van der Waals surface area contributed by atoms with Gasteiger partial charge in [0.05, 0.1) is 11.3 Å². The molecule has 1 aromatic heterocycles. The summed E-state index contributed by atoms with van der Waals surface area (Å²) >= 11 is 0. The second kappa shape index (κ2) is 5.75. The Balaban J connectivity index is 2.46. The van der Waals surface area contributed by atoms with Crippen LogP contribution in [-0.4, -0.2) is 24.0 Å². The Kier molecular flexibility index (Phi) is 4.32. The number of aromatic amines is 1. The SMILES string of the molecule is COP(=O)(OC)c1c[nH]n(-c2ccc(C(F)(F)F)cc2)c1=O. The molecule has 0 bridgehead atoms. The van der Waals surface area contributed by atoms with E-state index < -0.39 is 24.9 Å². The summed E-state index contributed by atoms with van der Waals surface area (Å²) in [5.41, 5.74) is -1.41. The van der Waals surface area contributed by atoms with Crippen molar-refractivity contribution in [1.29, 1.82) is 0 Å². The van der Waals surface area contributed by atoms with Crippen LogP contribution in [0.4, 0.5) is 13.2 Å². The molecular weight excluding hydrogens is 324 g/mol. The van der Waals surface area contributed by atoms with Crippen molar-refractivity contribution >= 4 is 12.9 Å². The van der Waals surface area contributed by atoms with E-state index in [4.69, 9.17) is 9.05 Å². The van der Waals surface area contributed by atoms with Gasteiger partial charge in [-0.2, -0.15) is 13.2 Å². The fourth-order valence-electron chi connectivity index (χ4n) is 1.82. The highest BCUT2D eigenvalue weighted by atomic mass is 31.2. The molecule has 0 fully saturated rings. The van der Waals surface area contributed by atoms with Crippen molar-refractivity contribution in [3.8, 4) is 5.69 Å². The van der Waals surface area contributed by atoms with Crippen molar-refractivity contribution in [3.63, 3.8) is 0 Å². The molecule has 0 saturated heterocycles. The molecule has 1 aromatic carbocycles. The fraction of sp³-hybridized carbons (Fsp3) is 0.250. The lowest BCUT2D eigenvalue weighted by Crippen LogP contribution is -2.28. The average Bonchev–Trinajstić information content (AvgIpc) is 2.88. The molecule has 0 spiro atoms. The molecule has 1 N–H and O–H groups in total. The Bertz CT molecular complexity index is 756. The van der Waals surface area contributed by atoms with Crippen molar-refractivity contribution in [3.05, 3.63) is 46.4 Å². The van der Waals surface area contributed by atoms with Crippen LogP contribution in [0.3, 0.4) is 0 Å². The van der Waals surface area contributed by atoms with Gasteiger partial charge < -0.3 is 9.05 Å². The number of hydrogen-bond acceptors (Lipinski definition) is 4. The van der Waals surface area contributed by atoms with Gasteiger partial charge in [0.15, 0.2) is 0 Å². The molecule has 120 valence electrons. The van der Waals surface area contributed by atoms with E-state index >= 15 is 0 Å². The summed E-state index contributed by atoms with van der Waals surface area (Å²) in [7, 11) is -1.50. The van der Waals surface area contributed by atoms with Gasteiger partial charge in [-0.3, -0.25) is 14.5 Å². The highest BCUT2D eigenvalue weighted by Gasteiger charge is 2.32. The molecule has 22 heavy (non-hydrogen) atoms. The molecule has 0 atom stereocenters. The fourth-order valence-corrected chi connectivity index (χ4v) is 2.91. The lowest BCUT2D eigenvalue weighted by Gasteiger charge is -2.10. The van der Waals surface area contributed by atoms with Crippen LogP contribution in [-0.2, 0) is 19.8 Å². The van der Waals surface area contributed by atoms with Crippen LogP contribution < -0.4 is 10.9 Å². The topological polar surface area (TPSA) is 73.3 Å². The number of hydrogen-bond donors (Lipinski definition) is 1. The smallest absolute Gasteiger partial charge is 0.308 e. The second-order valence-corrected chi connectivity index (χ2v) is 6.41. The van der Waals surface area contributed by atoms with Crippen LogP contribution in [0, 0.1) is 0 Å². The van der Waals surface area contributed by atoms with E-state index in [2.05, 4.69) is 5.10 Å². The summed E-state index contributed by atoms with van der Waals surface area (Å²) < 4.78 is 60.1. The van der Waals surface area contributed by atoms with Crippen molar-refractivity contribution in [1.82, 2.24) is 9.78 Å². The van der Waals surface area contributed by atoms with Crippen LogP contribution in [0.2, 0.25) is 0 Å². The third-order valence-corrected chi connectivity index (χ3v) is 4.85. The van der Waals surface area contributed by atoms with E-state index in [0.29, 0.717) is 0 Å². The van der Waals surface area contributed by atoms with Crippen molar-refractivity contribution in [2.75, 3.05) is 14.2 Å². The number of benzene rings is 1. The van der Waals surface area contributed by atoms with Gasteiger partial charge in [-0.25, -0.2) is 4.68 Å². The predicted molar refractivity (Wildman–Crippen MR) is 72.7 cm³/mol. The first-order valence-electron chi connectivity index (χ1n) is 5.93. The van der Waals surface area contributed by atoms with Gasteiger partial charge in [0, 0.05) is 20.4 Å². The van der Waals surface area contributed by atoms with Crippen LogP contribution in [0.1, 0.15) is 5.56 Å². The minimum atomic E-state index is -4.47. The first-order chi connectivity index (χ1) is 10.2. The summed E-state index contributed by atoms with van der Waals surface area (Å²) in [6.45, 7) is 0. The van der Waals surface area contributed by atoms with E-state index in [-0.39, 0.29) is 11.0 Å². The molecule has 6 nitrogen and oxygen atoms in total. The highest BCUT2D eigenvalue weighted by Crippen LogP contribution is 2.43. The number of rotatable bonds is 4. The second-order valence-electron chi connectivity index (χ2n) is 4.21. The number of H-pyrrole nitrogens is 1. The highest BCUT2D eigenvalue weighted by molar-refractivity contribution is 7.62. The van der Waals surface area contributed by atoms with E-state index in [1.807, 2.05) is 0 Å². The van der Waals surface area contributed by atoms with Gasteiger partial charge >= 0.3 is 13.8 Å². The maximum atomic E-state index is 12.5. The normalized spacial score (nSPS) is 12.6. The maximum Gasteiger partial charge on any atom is 0.416 e. The Labute approximate surface area is 123 Å². The lowest BCUT2D eigenvalue weighted by atomic mass is 10.2. The largest absolute Gasteiger partial charge is 0.416 e. The Morgan fingerprint density at radius 2 is 1.68 bits per heavy atom. The number of aromatic nitrogens is 2. The predicted octanol–water partition coefficient (Wildman–Crippen LogP) is 2.30. The number of halogens is 3. The standard InChI is InChI=1S/C12H12F3N2O4P/c1-20-22(19,21-2)10-7-16-17(11(10)18)9-5-3-8(4-6-9)12(13,14)15/h3-7,16H,1-2H3. The van der Waals surface area contributed by atoms with Gasteiger partial charge in [-0.05, 0) is 24.3 Å². The number of alkyl halides is 3. The van der Waals surface area contributed by atoms with E-state index in [9.17, 15) is 22.5 Å². The zero-order chi connectivity index (χ0) is 16.5. The van der Waals surface area contributed by atoms with Crippen molar-refractivity contribution in [2.45, 2.75) is 6.18 Å². The van der Waals surface area contributed by atoms with Gasteiger partial charge in [-0.15, -0.1) is 0 Å². The molecule has 0 unspecified atom stereocenters. The third kappa shape index (κ3) is 2.87. The quantitative estimate of drug-likeness (QED) is 0.870. The van der Waals surface area contributed by atoms with Crippen LogP contribution in [0.25, 0.3) is 5.69 Å². The Morgan fingerprint density at radius 1 is 1.14 bits per heavy atom. The molecule has 0 aliphatic carbocycles. The molecule has 2 rings (SSSR count). The van der Waals surface area contributed by atoms with Gasteiger partial charge in [-0.1, -0.05) is 0 Å². The first-order valence-corrected chi connectivity index (χ1v) is 7.47. The van der Waals surface area contributed by atoms with Crippen LogP contribution in [0.5, 0.6) is 0 Å². The molecule has 0 saturated carbocycles. The zero-order valence-corrected chi connectivity index (χ0v) is 12.4. The Hall–Kier alpha value is -1.83. The third-order valence-electron chi connectivity index (χ3n) is 2.98. The molecule has 0 aliphatic heterocycles. The van der Waals surface area contributed by atoms with Gasteiger partial charge in [0.25, 0.3) is 5.56 Å². The molecule has 2 aromatic rings. The van der Waals surface area contributed by atoms with Crippen molar-refractivity contribution in [2.24, 2.45) is 0 Å². The summed E-state index contributed by atoms with van der Waals surface area (Å²) in [5.74, 6) is 0.